The maximum atomic E-state index is 15.0. The molecular formula is C22H23FN4O4S. The van der Waals surface area contributed by atoms with Gasteiger partial charge in [-0.1, -0.05) is 30.3 Å². The predicted molar refractivity (Wildman–Crippen MR) is 121 cm³/mol. The van der Waals surface area contributed by atoms with E-state index in [0.29, 0.717) is 31.1 Å². The van der Waals surface area contributed by atoms with Gasteiger partial charge in [-0.15, -0.1) is 0 Å². The van der Waals surface area contributed by atoms with Crippen molar-refractivity contribution in [2.45, 2.75) is 12.6 Å². The fourth-order valence-electron chi connectivity index (χ4n) is 3.73. The van der Waals surface area contributed by atoms with Gasteiger partial charge in [-0.05, 0) is 36.0 Å². The third-order valence-electron chi connectivity index (χ3n) is 5.35. The number of nitrogens with zero attached hydrogens (tertiary/aromatic N) is 3. The van der Waals surface area contributed by atoms with E-state index in [1.54, 1.807) is 21.9 Å². The first-order valence-electron chi connectivity index (χ1n) is 10.1. The number of carbonyl (C=O) groups is 2. The SMILES string of the molecule is COC(=S)NC[C@H]1CN(c2ccc(N3CC(=O)N(Cc4ccccc4)C3)c(F)c2)C(=O)O1. The predicted octanol–water partition coefficient (Wildman–Crippen LogP) is 2.48. The Labute approximate surface area is 190 Å². The van der Waals surface area contributed by atoms with Crippen molar-refractivity contribution in [3.8, 4) is 0 Å². The number of carbonyl (C=O) groups excluding carboxylic acids is 2. The van der Waals surface area contributed by atoms with Gasteiger partial charge in [0.1, 0.15) is 11.9 Å². The first-order valence-corrected chi connectivity index (χ1v) is 10.5. The molecule has 0 unspecified atom stereocenters. The number of halogens is 1. The van der Waals surface area contributed by atoms with Gasteiger partial charge in [0, 0.05) is 6.54 Å². The van der Waals surface area contributed by atoms with Gasteiger partial charge in [0.25, 0.3) is 5.17 Å². The number of rotatable bonds is 6. The molecule has 4 rings (SSSR count). The topological polar surface area (TPSA) is 74.4 Å². The number of anilines is 2. The second-order valence-electron chi connectivity index (χ2n) is 7.54. The van der Waals surface area contributed by atoms with Crippen LogP contribution >= 0.6 is 12.2 Å². The van der Waals surface area contributed by atoms with E-state index in [4.69, 9.17) is 21.7 Å². The summed E-state index contributed by atoms with van der Waals surface area (Å²) in [7, 11) is 1.45. The third kappa shape index (κ3) is 4.75. The van der Waals surface area contributed by atoms with Gasteiger partial charge in [0.2, 0.25) is 5.91 Å². The fraction of sp³-hybridized carbons (Fsp3) is 0.318. The zero-order chi connectivity index (χ0) is 22.7. The number of methoxy groups -OCH3 is 1. The lowest BCUT2D eigenvalue weighted by molar-refractivity contribution is -0.127. The Morgan fingerprint density at radius 3 is 2.75 bits per heavy atom. The molecule has 2 fully saturated rings. The molecule has 0 saturated carbocycles. The average molecular weight is 459 g/mol. The van der Waals surface area contributed by atoms with Gasteiger partial charge >= 0.3 is 6.09 Å². The van der Waals surface area contributed by atoms with Crippen LogP contribution in [0.2, 0.25) is 0 Å². The minimum Gasteiger partial charge on any atom is -0.474 e. The van der Waals surface area contributed by atoms with E-state index in [1.807, 2.05) is 30.3 Å². The summed E-state index contributed by atoms with van der Waals surface area (Å²) in [5.41, 5.74) is 1.72. The summed E-state index contributed by atoms with van der Waals surface area (Å²) in [6.45, 7) is 1.41. The molecule has 2 saturated heterocycles. The van der Waals surface area contributed by atoms with Crippen LogP contribution in [0.1, 0.15) is 5.56 Å². The largest absolute Gasteiger partial charge is 0.474 e. The molecule has 1 atom stereocenters. The van der Waals surface area contributed by atoms with Crippen LogP contribution in [0.4, 0.5) is 20.6 Å². The standard InChI is InChI=1S/C22H23FN4O4S/c1-30-21(32)24-10-17-12-27(22(29)31-17)16-7-8-19(18(23)9-16)25-13-20(28)26(14-25)11-15-5-3-2-4-6-15/h2-9,17H,10-14H2,1H3,(H,24,32)/t17-/m0/s1. The van der Waals surface area contributed by atoms with Crippen molar-refractivity contribution in [1.82, 2.24) is 10.2 Å². The monoisotopic (exact) mass is 458 g/mol. The van der Waals surface area contributed by atoms with Crippen molar-refractivity contribution in [3.63, 3.8) is 0 Å². The first-order chi connectivity index (χ1) is 15.4. The van der Waals surface area contributed by atoms with Crippen LogP contribution in [0, 0.1) is 5.82 Å². The highest BCUT2D eigenvalue weighted by Gasteiger charge is 2.34. The van der Waals surface area contributed by atoms with Crippen LogP contribution < -0.4 is 15.1 Å². The minimum absolute atomic E-state index is 0.0650. The second-order valence-corrected chi connectivity index (χ2v) is 7.91. The summed E-state index contributed by atoms with van der Waals surface area (Å²) in [4.78, 5) is 29.4. The van der Waals surface area contributed by atoms with Crippen LogP contribution in [0.3, 0.4) is 0 Å². The number of cyclic esters (lactones) is 1. The molecule has 2 heterocycles. The molecule has 32 heavy (non-hydrogen) atoms. The number of amides is 2. The number of hydrogen-bond donors (Lipinski definition) is 1. The zero-order valence-electron chi connectivity index (χ0n) is 17.5. The second kappa shape index (κ2) is 9.39. The van der Waals surface area contributed by atoms with E-state index >= 15 is 0 Å². The molecule has 0 spiro atoms. The molecule has 8 nitrogen and oxygen atoms in total. The highest BCUT2D eigenvalue weighted by atomic mass is 32.1. The van der Waals surface area contributed by atoms with Crippen LogP contribution in [0.5, 0.6) is 0 Å². The van der Waals surface area contributed by atoms with Crippen molar-refractivity contribution in [1.29, 1.82) is 0 Å². The lowest BCUT2D eigenvalue weighted by Crippen LogP contribution is -2.34. The van der Waals surface area contributed by atoms with Crippen LogP contribution in [-0.4, -0.2) is 61.6 Å². The highest BCUT2D eigenvalue weighted by molar-refractivity contribution is 7.80. The molecule has 0 radical (unpaired) electrons. The Morgan fingerprint density at radius 1 is 1.25 bits per heavy atom. The molecule has 2 amide bonds. The Bertz CT molecular complexity index is 1020. The molecule has 2 aromatic rings. The summed E-state index contributed by atoms with van der Waals surface area (Å²) in [5.74, 6) is -0.573. The molecule has 2 aromatic carbocycles. The van der Waals surface area contributed by atoms with Gasteiger partial charge in [0.15, 0.2) is 0 Å². The number of hydrogen-bond acceptors (Lipinski definition) is 6. The first kappa shape index (κ1) is 21.8. The number of ether oxygens (including phenoxy) is 2. The molecule has 10 heteroatoms. The van der Waals surface area contributed by atoms with Gasteiger partial charge in [-0.2, -0.15) is 0 Å². The van der Waals surface area contributed by atoms with Crippen molar-refractivity contribution < 1.29 is 23.5 Å². The van der Waals surface area contributed by atoms with Gasteiger partial charge in [-0.3, -0.25) is 9.69 Å². The van der Waals surface area contributed by atoms with Crippen molar-refractivity contribution >= 4 is 40.8 Å². The Balaban J connectivity index is 1.41. The lowest BCUT2D eigenvalue weighted by atomic mass is 10.2. The molecule has 0 bridgehead atoms. The third-order valence-corrected chi connectivity index (χ3v) is 5.66. The van der Waals surface area contributed by atoms with Gasteiger partial charge in [-0.25, -0.2) is 9.18 Å². The van der Waals surface area contributed by atoms with Crippen molar-refractivity contribution in [2.24, 2.45) is 0 Å². The summed E-state index contributed by atoms with van der Waals surface area (Å²) in [5, 5.41) is 3.04. The average Bonchev–Trinajstić information content (AvgIpc) is 3.34. The van der Waals surface area contributed by atoms with Crippen LogP contribution in [-0.2, 0) is 20.8 Å². The molecule has 2 aliphatic heterocycles. The highest BCUT2D eigenvalue weighted by Crippen LogP contribution is 2.29. The normalized spacial score (nSPS) is 18.2. The number of benzene rings is 2. The number of nitrogens with one attached hydrogen (secondary N) is 1. The quantitative estimate of drug-likeness (QED) is 0.667. The summed E-state index contributed by atoms with van der Waals surface area (Å²) in [6.07, 6.45) is -1.00. The molecule has 1 N–H and O–H groups in total. The number of thiocarbonyl (C=S) groups is 1. The summed E-state index contributed by atoms with van der Waals surface area (Å²) < 4.78 is 25.1. The smallest absolute Gasteiger partial charge is 0.414 e. The Hall–Kier alpha value is -3.40. The van der Waals surface area contributed by atoms with E-state index in [2.05, 4.69) is 5.32 Å². The van der Waals surface area contributed by atoms with E-state index in [-0.39, 0.29) is 24.2 Å². The summed E-state index contributed by atoms with van der Waals surface area (Å²) >= 11 is 4.91. The maximum absolute atomic E-state index is 15.0. The fourth-order valence-corrected chi connectivity index (χ4v) is 3.81. The van der Waals surface area contributed by atoms with Gasteiger partial charge < -0.3 is 24.6 Å². The van der Waals surface area contributed by atoms with E-state index in [0.717, 1.165) is 5.56 Å². The summed E-state index contributed by atoms with van der Waals surface area (Å²) in [6, 6.07) is 14.2. The van der Waals surface area contributed by atoms with Crippen molar-refractivity contribution in [2.75, 3.05) is 43.2 Å². The van der Waals surface area contributed by atoms with Crippen molar-refractivity contribution in [3.05, 3.63) is 59.9 Å². The molecule has 168 valence electrons. The van der Waals surface area contributed by atoms with Crippen LogP contribution in [0.15, 0.2) is 48.5 Å². The molecule has 0 aliphatic carbocycles. The lowest BCUT2D eigenvalue weighted by Gasteiger charge is -2.21. The van der Waals surface area contributed by atoms with E-state index in [9.17, 15) is 14.0 Å². The minimum atomic E-state index is -0.558. The zero-order valence-corrected chi connectivity index (χ0v) is 18.3. The van der Waals surface area contributed by atoms with Crippen LogP contribution in [0.25, 0.3) is 0 Å². The maximum Gasteiger partial charge on any atom is 0.414 e. The molecule has 0 aromatic heterocycles. The van der Waals surface area contributed by atoms with E-state index in [1.165, 1.54) is 18.1 Å². The van der Waals surface area contributed by atoms with Gasteiger partial charge in [0.05, 0.1) is 44.8 Å². The molecule has 2 aliphatic rings. The Kier molecular flexibility index (Phi) is 6.40. The Morgan fingerprint density at radius 2 is 2.03 bits per heavy atom. The molecular weight excluding hydrogens is 435 g/mol. The van der Waals surface area contributed by atoms with E-state index < -0.39 is 18.0 Å².